The Bertz CT molecular complexity index is 794. The van der Waals surface area contributed by atoms with E-state index in [1.165, 1.54) is 5.69 Å². The highest BCUT2D eigenvalue weighted by molar-refractivity contribution is 5.92. The average molecular weight is 280 g/mol. The van der Waals surface area contributed by atoms with E-state index in [-0.39, 0.29) is 0 Å². The zero-order valence-corrected chi connectivity index (χ0v) is 11.6. The summed E-state index contributed by atoms with van der Waals surface area (Å²) in [7, 11) is 0. The minimum atomic E-state index is 0.446. The minimum Gasteiger partial charge on any atom is -0.362 e. The molecule has 0 saturated carbocycles. The molecule has 3 aromatic rings. The van der Waals surface area contributed by atoms with Crippen LogP contribution in [0.2, 0.25) is 0 Å². The summed E-state index contributed by atoms with van der Waals surface area (Å²) in [6.45, 7) is 3.04. The van der Waals surface area contributed by atoms with E-state index in [1.54, 1.807) is 6.33 Å². The number of benzene rings is 1. The van der Waals surface area contributed by atoms with E-state index in [4.69, 9.17) is 5.73 Å². The number of aromatic nitrogens is 4. The van der Waals surface area contributed by atoms with Crippen LogP contribution in [0.1, 0.15) is 11.5 Å². The SMILES string of the molecule is NCc1cc(N2CCn3cnnc3C2)c2ccccc2n1. The topological polar surface area (TPSA) is 72.9 Å². The van der Waals surface area contributed by atoms with Crippen molar-refractivity contribution in [1.82, 2.24) is 19.7 Å². The second-order valence-corrected chi connectivity index (χ2v) is 5.22. The van der Waals surface area contributed by atoms with Crippen LogP contribution in [0.5, 0.6) is 0 Å². The minimum absolute atomic E-state index is 0.446. The molecule has 6 nitrogen and oxygen atoms in total. The molecule has 0 spiro atoms. The Balaban J connectivity index is 1.83. The van der Waals surface area contributed by atoms with Gasteiger partial charge in [0.2, 0.25) is 0 Å². The molecule has 0 fully saturated rings. The number of pyridine rings is 1. The summed E-state index contributed by atoms with van der Waals surface area (Å²) >= 11 is 0. The summed E-state index contributed by atoms with van der Waals surface area (Å²) in [4.78, 5) is 6.93. The molecule has 0 saturated heterocycles. The molecule has 2 N–H and O–H groups in total. The van der Waals surface area contributed by atoms with Crippen LogP contribution in [-0.2, 0) is 19.6 Å². The van der Waals surface area contributed by atoms with Crippen LogP contribution in [0.4, 0.5) is 5.69 Å². The summed E-state index contributed by atoms with van der Waals surface area (Å²) in [6.07, 6.45) is 1.79. The first-order chi connectivity index (χ1) is 10.3. The normalized spacial score (nSPS) is 14.4. The van der Waals surface area contributed by atoms with Gasteiger partial charge in [-0.1, -0.05) is 18.2 Å². The fraction of sp³-hybridized carbons (Fsp3) is 0.267. The Morgan fingerprint density at radius 3 is 3.00 bits per heavy atom. The van der Waals surface area contributed by atoms with Crippen LogP contribution < -0.4 is 10.6 Å². The van der Waals surface area contributed by atoms with Gasteiger partial charge in [0.05, 0.1) is 17.8 Å². The van der Waals surface area contributed by atoms with E-state index in [9.17, 15) is 0 Å². The number of fused-ring (bicyclic) bond motifs is 2. The second kappa shape index (κ2) is 4.82. The van der Waals surface area contributed by atoms with Crippen LogP contribution in [0.3, 0.4) is 0 Å². The lowest BCUT2D eigenvalue weighted by molar-refractivity contribution is 0.561. The van der Waals surface area contributed by atoms with Gasteiger partial charge in [0.25, 0.3) is 0 Å². The predicted molar refractivity (Wildman–Crippen MR) is 80.7 cm³/mol. The zero-order chi connectivity index (χ0) is 14.2. The third-order valence-corrected chi connectivity index (χ3v) is 3.94. The monoisotopic (exact) mass is 280 g/mol. The molecule has 4 rings (SSSR count). The fourth-order valence-corrected chi connectivity index (χ4v) is 2.85. The Morgan fingerprint density at radius 2 is 2.10 bits per heavy atom. The van der Waals surface area contributed by atoms with Crippen molar-refractivity contribution in [2.45, 2.75) is 19.6 Å². The Kier molecular flexibility index (Phi) is 2.82. The van der Waals surface area contributed by atoms with E-state index in [0.29, 0.717) is 6.54 Å². The summed E-state index contributed by atoms with van der Waals surface area (Å²) in [6, 6.07) is 10.3. The fourth-order valence-electron chi connectivity index (χ4n) is 2.85. The molecule has 0 atom stereocenters. The van der Waals surface area contributed by atoms with Crippen LogP contribution in [-0.4, -0.2) is 26.3 Å². The molecule has 21 heavy (non-hydrogen) atoms. The highest BCUT2D eigenvalue weighted by Gasteiger charge is 2.20. The molecule has 6 heteroatoms. The first-order valence-electron chi connectivity index (χ1n) is 7.05. The Hall–Kier alpha value is -2.47. The molecule has 0 radical (unpaired) electrons. The maximum atomic E-state index is 5.79. The molecule has 0 bridgehead atoms. The first-order valence-corrected chi connectivity index (χ1v) is 7.05. The van der Waals surface area contributed by atoms with Crippen LogP contribution >= 0.6 is 0 Å². The van der Waals surface area contributed by atoms with E-state index in [1.807, 2.05) is 18.2 Å². The quantitative estimate of drug-likeness (QED) is 0.766. The van der Waals surface area contributed by atoms with Gasteiger partial charge in [-0.2, -0.15) is 0 Å². The summed E-state index contributed by atoms with van der Waals surface area (Å²) in [5, 5.41) is 9.32. The number of para-hydroxylation sites is 1. The van der Waals surface area contributed by atoms with Crippen molar-refractivity contribution >= 4 is 16.6 Å². The highest BCUT2D eigenvalue weighted by Crippen LogP contribution is 2.29. The number of nitrogens with zero attached hydrogens (tertiary/aromatic N) is 5. The molecule has 1 aliphatic heterocycles. The number of rotatable bonds is 2. The van der Waals surface area contributed by atoms with Crippen LogP contribution in [0.15, 0.2) is 36.7 Å². The van der Waals surface area contributed by atoms with Gasteiger partial charge >= 0.3 is 0 Å². The molecule has 1 aliphatic rings. The van der Waals surface area contributed by atoms with Gasteiger partial charge in [-0.05, 0) is 12.1 Å². The van der Waals surface area contributed by atoms with Gasteiger partial charge in [-0.15, -0.1) is 10.2 Å². The second-order valence-electron chi connectivity index (χ2n) is 5.22. The number of hydrogen-bond donors (Lipinski definition) is 1. The maximum absolute atomic E-state index is 5.79. The van der Waals surface area contributed by atoms with Crippen LogP contribution in [0.25, 0.3) is 10.9 Å². The van der Waals surface area contributed by atoms with Crippen molar-refractivity contribution in [3.8, 4) is 0 Å². The van der Waals surface area contributed by atoms with Gasteiger partial charge in [0, 0.05) is 30.7 Å². The molecule has 3 heterocycles. The Labute approximate surface area is 122 Å². The van der Waals surface area contributed by atoms with E-state index >= 15 is 0 Å². The standard InChI is InChI=1S/C15H16N6/c16-8-11-7-14(12-3-1-2-4-13(12)18-11)20-5-6-21-10-17-19-15(21)9-20/h1-4,7,10H,5-6,8-9,16H2. The number of hydrogen-bond acceptors (Lipinski definition) is 5. The molecule has 0 aliphatic carbocycles. The van der Waals surface area contributed by atoms with E-state index in [0.717, 1.165) is 42.1 Å². The van der Waals surface area contributed by atoms with Crippen molar-refractivity contribution in [3.63, 3.8) is 0 Å². The smallest absolute Gasteiger partial charge is 0.152 e. The largest absolute Gasteiger partial charge is 0.362 e. The molecule has 2 aromatic heterocycles. The lowest BCUT2D eigenvalue weighted by atomic mass is 10.1. The van der Waals surface area contributed by atoms with Gasteiger partial charge in [-0.25, -0.2) is 0 Å². The van der Waals surface area contributed by atoms with E-state index in [2.05, 4.69) is 36.8 Å². The lowest BCUT2D eigenvalue weighted by Gasteiger charge is -2.30. The van der Waals surface area contributed by atoms with Crippen LogP contribution in [0, 0.1) is 0 Å². The zero-order valence-electron chi connectivity index (χ0n) is 11.6. The molecular formula is C15H16N6. The molecular weight excluding hydrogens is 264 g/mol. The average Bonchev–Trinajstić information content (AvgIpc) is 3.01. The van der Waals surface area contributed by atoms with Gasteiger partial charge in [0.15, 0.2) is 5.82 Å². The summed E-state index contributed by atoms with van der Waals surface area (Å²) in [5.74, 6) is 0.997. The van der Waals surface area contributed by atoms with Crippen molar-refractivity contribution in [1.29, 1.82) is 0 Å². The number of nitrogens with two attached hydrogens (primary N) is 1. The lowest BCUT2D eigenvalue weighted by Crippen LogP contribution is -2.33. The Morgan fingerprint density at radius 1 is 1.19 bits per heavy atom. The molecule has 106 valence electrons. The van der Waals surface area contributed by atoms with E-state index < -0.39 is 0 Å². The summed E-state index contributed by atoms with van der Waals surface area (Å²) in [5.41, 5.74) is 8.87. The predicted octanol–water partition coefficient (Wildman–Crippen LogP) is 1.31. The number of anilines is 1. The first kappa shape index (κ1) is 12.3. The maximum Gasteiger partial charge on any atom is 0.152 e. The van der Waals surface area contributed by atoms with Crippen molar-refractivity contribution in [3.05, 3.63) is 48.2 Å². The third kappa shape index (κ3) is 2.04. The highest BCUT2D eigenvalue weighted by atomic mass is 15.3. The van der Waals surface area contributed by atoms with Crippen molar-refractivity contribution < 1.29 is 0 Å². The molecule has 0 amide bonds. The molecule has 0 unspecified atom stereocenters. The van der Waals surface area contributed by atoms with Gasteiger partial charge in [0.1, 0.15) is 6.33 Å². The van der Waals surface area contributed by atoms with Gasteiger partial charge < -0.3 is 15.2 Å². The summed E-state index contributed by atoms with van der Waals surface area (Å²) < 4.78 is 2.10. The van der Waals surface area contributed by atoms with Crippen molar-refractivity contribution in [2.24, 2.45) is 5.73 Å². The third-order valence-electron chi connectivity index (χ3n) is 3.94. The van der Waals surface area contributed by atoms with Gasteiger partial charge in [-0.3, -0.25) is 4.98 Å². The molecule has 1 aromatic carbocycles. The van der Waals surface area contributed by atoms with Crippen molar-refractivity contribution in [2.75, 3.05) is 11.4 Å².